The van der Waals surface area contributed by atoms with Gasteiger partial charge in [0.2, 0.25) is 5.28 Å². The molecular formula is C15H12Cl3N3O2. The molecule has 0 aliphatic heterocycles. The lowest BCUT2D eigenvalue weighted by molar-refractivity contribution is 0.141. The summed E-state index contributed by atoms with van der Waals surface area (Å²) in [5.74, 6) is 0. The number of ether oxygens (including phenoxy) is 1. The lowest BCUT2D eigenvalue weighted by atomic mass is 10.2. The van der Waals surface area contributed by atoms with Crippen LogP contribution in [0.3, 0.4) is 0 Å². The molecule has 0 aliphatic carbocycles. The second-order valence-electron chi connectivity index (χ2n) is 4.33. The van der Waals surface area contributed by atoms with E-state index < -0.39 is 6.09 Å². The molecule has 0 bridgehead atoms. The van der Waals surface area contributed by atoms with Gasteiger partial charge >= 0.3 is 6.09 Å². The van der Waals surface area contributed by atoms with E-state index in [0.717, 1.165) is 5.56 Å². The van der Waals surface area contributed by atoms with Gasteiger partial charge in [0.05, 0.1) is 0 Å². The van der Waals surface area contributed by atoms with Crippen molar-refractivity contribution in [2.45, 2.75) is 6.61 Å². The van der Waals surface area contributed by atoms with Crippen LogP contribution in [0, 0.1) is 0 Å². The third-order valence-corrected chi connectivity index (χ3v) is 3.43. The van der Waals surface area contributed by atoms with E-state index in [1.54, 1.807) is 12.2 Å². The molecule has 23 heavy (non-hydrogen) atoms. The van der Waals surface area contributed by atoms with Crippen molar-refractivity contribution in [3.05, 3.63) is 63.1 Å². The van der Waals surface area contributed by atoms with Crippen molar-refractivity contribution in [3.63, 3.8) is 0 Å². The molecule has 8 heteroatoms. The molecule has 0 atom stereocenters. The van der Waals surface area contributed by atoms with Crippen molar-refractivity contribution in [2.75, 3.05) is 6.54 Å². The minimum atomic E-state index is -0.525. The van der Waals surface area contributed by atoms with Gasteiger partial charge in [-0.05, 0) is 17.2 Å². The number of amides is 1. The first-order valence-corrected chi connectivity index (χ1v) is 7.69. The van der Waals surface area contributed by atoms with E-state index in [4.69, 9.17) is 39.5 Å². The molecule has 1 N–H and O–H groups in total. The van der Waals surface area contributed by atoms with Crippen LogP contribution in [-0.2, 0) is 11.3 Å². The van der Waals surface area contributed by atoms with Gasteiger partial charge in [-0.25, -0.2) is 14.8 Å². The van der Waals surface area contributed by atoms with Gasteiger partial charge in [-0.15, -0.1) is 0 Å². The molecule has 1 aromatic carbocycles. The van der Waals surface area contributed by atoms with Gasteiger partial charge in [-0.2, -0.15) is 0 Å². The Hall–Kier alpha value is -1.82. The number of rotatable bonds is 5. The average molecular weight is 373 g/mol. The van der Waals surface area contributed by atoms with Crippen LogP contribution in [0.5, 0.6) is 0 Å². The molecule has 1 amide bonds. The second kappa shape index (κ2) is 8.72. The summed E-state index contributed by atoms with van der Waals surface area (Å²) in [5, 5.41) is 2.82. The highest BCUT2D eigenvalue weighted by Crippen LogP contribution is 2.23. The molecular weight excluding hydrogens is 361 g/mol. The number of carbonyl (C=O) groups is 1. The summed E-state index contributed by atoms with van der Waals surface area (Å²) in [4.78, 5) is 19.1. The maximum atomic E-state index is 11.5. The van der Waals surface area contributed by atoms with E-state index >= 15 is 0 Å². The SMILES string of the molecule is O=C(NCC=Cc1c(Cl)nc(Cl)nc1Cl)OCc1ccccc1. The number of carbonyl (C=O) groups excluding carboxylic acids is 1. The zero-order chi connectivity index (χ0) is 16.7. The Morgan fingerprint density at radius 2 is 1.78 bits per heavy atom. The molecule has 0 radical (unpaired) electrons. The van der Waals surface area contributed by atoms with E-state index in [9.17, 15) is 4.79 Å². The molecule has 0 fully saturated rings. The van der Waals surface area contributed by atoms with Gasteiger partial charge in [0.25, 0.3) is 0 Å². The largest absolute Gasteiger partial charge is 0.445 e. The molecule has 1 heterocycles. The Morgan fingerprint density at radius 3 is 2.43 bits per heavy atom. The number of hydrogen-bond acceptors (Lipinski definition) is 4. The van der Waals surface area contributed by atoms with Crippen molar-refractivity contribution in [1.82, 2.24) is 15.3 Å². The first-order valence-electron chi connectivity index (χ1n) is 6.56. The Balaban J connectivity index is 1.79. The topological polar surface area (TPSA) is 64.1 Å². The van der Waals surface area contributed by atoms with Crippen molar-refractivity contribution < 1.29 is 9.53 Å². The summed E-state index contributed by atoms with van der Waals surface area (Å²) < 4.78 is 5.07. The van der Waals surface area contributed by atoms with Crippen LogP contribution in [0.1, 0.15) is 11.1 Å². The number of hydrogen-bond donors (Lipinski definition) is 1. The van der Waals surface area contributed by atoms with Crippen LogP contribution >= 0.6 is 34.8 Å². The summed E-state index contributed by atoms with van der Waals surface area (Å²) in [5.41, 5.74) is 1.34. The fourth-order valence-corrected chi connectivity index (χ4v) is 2.39. The number of nitrogens with one attached hydrogen (secondary N) is 1. The molecule has 2 rings (SSSR count). The normalized spacial score (nSPS) is 10.7. The Bertz CT molecular complexity index is 685. The second-order valence-corrected chi connectivity index (χ2v) is 5.39. The van der Waals surface area contributed by atoms with Crippen molar-refractivity contribution >= 4 is 47.0 Å². The summed E-state index contributed by atoms with van der Waals surface area (Å²) in [7, 11) is 0. The highest BCUT2D eigenvalue weighted by Gasteiger charge is 2.07. The van der Waals surface area contributed by atoms with Crippen LogP contribution in [0.4, 0.5) is 4.79 Å². The first-order chi connectivity index (χ1) is 11.1. The van der Waals surface area contributed by atoms with Gasteiger partial charge in [0.15, 0.2) is 0 Å². The highest BCUT2D eigenvalue weighted by atomic mass is 35.5. The van der Waals surface area contributed by atoms with Crippen LogP contribution in [0.2, 0.25) is 15.6 Å². The standard InChI is InChI=1S/C15H12Cl3N3O2/c16-12-11(13(17)21-14(18)20-12)7-4-8-19-15(22)23-9-10-5-2-1-3-6-10/h1-7H,8-9H2,(H,19,22). The smallest absolute Gasteiger partial charge is 0.407 e. The van der Waals surface area contributed by atoms with Crippen molar-refractivity contribution in [1.29, 1.82) is 0 Å². The lowest BCUT2D eigenvalue weighted by Crippen LogP contribution is -2.24. The van der Waals surface area contributed by atoms with Gasteiger partial charge in [-0.3, -0.25) is 0 Å². The molecule has 0 aliphatic rings. The first kappa shape index (κ1) is 17.5. The summed E-state index contributed by atoms with van der Waals surface area (Å²) >= 11 is 17.4. The third kappa shape index (κ3) is 5.71. The number of benzene rings is 1. The average Bonchev–Trinajstić information content (AvgIpc) is 2.52. The Morgan fingerprint density at radius 1 is 1.13 bits per heavy atom. The van der Waals surface area contributed by atoms with E-state index in [2.05, 4.69) is 15.3 Å². The molecule has 1 aromatic heterocycles. The van der Waals surface area contributed by atoms with Gasteiger partial charge in [-0.1, -0.05) is 65.7 Å². The number of alkyl carbamates (subject to hydrolysis) is 1. The van der Waals surface area contributed by atoms with Crippen LogP contribution in [0.15, 0.2) is 36.4 Å². The zero-order valence-electron chi connectivity index (χ0n) is 11.8. The summed E-state index contributed by atoms with van der Waals surface area (Å²) in [6, 6.07) is 9.39. The number of halogens is 3. The van der Waals surface area contributed by atoms with E-state index in [0.29, 0.717) is 5.56 Å². The Kier molecular flexibility index (Phi) is 6.65. The molecule has 120 valence electrons. The minimum absolute atomic E-state index is 0.0280. The van der Waals surface area contributed by atoms with Gasteiger partial charge in [0.1, 0.15) is 16.9 Å². The Labute approximate surface area is 148 Å². The summed E-state index contributed by atoms with van der Waals surface area (Å²) in [6.45, 7) is 0.446. The van der Waals surface area contributed by atoms with E-state index in [1.807, 2.05) is 30.3 Å². The highest BCUT2D eigenvalue weighted by molar-refractivity contribution is 6.37. The predicted octanol–water partition coefficient (Wildman–Crippen LogP) is 4.38. The third-order valence-electron chi connectivity index (χ3n) is 2.69. The zero-order valence-corrected chi connectivity index (χ0v) is 14.1. The van der Waals surface area contributed by atoms with Crippen LogP contribution < -0.4 is 5.32 Å². The fourth-order valence-electron chi connectivity index (χ4n) is 1.62. The maximum Gasteiger partial charge on any atom is 0.407 e. The van der Waals surface area contributed by atoms with Crippen molar-refractivity contribution in [3.8, 4) is 0 Å². The molecule has 0 unspecified atom stereocenters. The minimum Gasteiger partial charge on any atom is -0.445 e. The molecule has 5 nitrogen and oxygen atoms in total. The van der Waals surface area contributed by atoms with Crippen LogP contribution in [-0.4, -0.2) is 22.6 Å². The quantitative estimate of drug-likeness (QED) is 0.625. The van der Waals surface area contributed by atoms with Crippen molar-refractivity contribution in [2.24, 2.45) is 0 Å². The molecule has 0 saturated carbocycles. The number of nitrogens with zero attached hydrogens (tertiary/aromatic N) is 2. The monoisotopic (exact) mass is 371 g/mol. The lowest BCUT2D eigenvalue weighted by Gasteiger charge is -2.05. The van der Waals surface area contributed by atoms with Crippen LogP contribution in [0.25, 0.3) is 6.08 Å². The molecule has 0 spiro atoms. The van der Waals surface area contributed by atoms with Gasteiger partial charge in [0, 0.05) is 12.1 Å². The predicted molar refractivity (Wildman–Crippen MR) is 90.7 cm³/mol. The molecule has 0 saturated heterocycles. The van der Waals surface area contributed by atoms with Gasteiger partial charge < -0.3 is 10.1 Å². The fraction of sp³-hybridized carbons (Fsp3) is 0.133. The summed E-state index contributed by atoms with van der Waals surface area (Å²) in [6.07, 6.45) is 2.72. The van der Waals surface area contributed by atoms with E-state index in [1.165, 1.54) is 0 Å². The maximum absolute atomic E-state index is 11.5. The number of aromatic nitrogens is 2. The van der Waals surface area contributed by atoms with E-state index in [-0.39, 0.29) is 28.7 Å². The molecule has 2 aromatic rings.